The van der Waals surface area contributed by atoms with E-state index in [9.17, 15) is 19.2 Å². The van der Waals surface area contributed by atoms with Gasteiger partial charge in [-0.15, -0.1) is 0 Å². The Hall–Kier alpha value is -4.58. The zero-order valence-electron chi connectivity index (χ0n) is 16.1. The monoisotopic (exact) mass is 416 g/mol. The molecular formula is C26H8O6. The van der Waals surface area contributed by atoms with Crippen LogP contribution in [0, 0.1) is 0 Å². The molecular weight excluding hydrogens is 408 g/mol. The molecule has 0 spiro atoms. The summed E-state index contributed by atoms with van der Waals surface area (Å²) < 4.78 is 10.0. The maximum atomic E-state index is 12.7. The second-order valence-corrected chi connectivity index (χ2v) is 8.26. The van der Waals surface area contributed by atoms with Crippen molar-refractivity contribution < 1.29 is 8.83 Å². The summed E-state index contributed by atoms with van der Waals surface area (Å²) in [5, 5.41) is 8.27. The quantitative estimate of drug-likeness (QED) is 0.272. The van der Waals surface area contributed by atoms with Crippen LogP contribution in [-0.4, -0.2) is 0 Å². The summed E-state index contributed by atoms with van der Waals surface area (Å²) in [6.07, 6.45) is 0. The predicted molar refractivity (Wildman–Crippen MR) is 123 cm³/mol. The normalized spacial score (nSPS) is 12.9. The number of rotatable bonds is 0. The van der Waals surface area contributed by atoms with E-state index in [1.165, 1.54) is 0 Å². The van der Waals surface area contributed by atoms with Gasteiger partial charge in [-0.05, 0) is 66.0 Å². The highest BCUT2D eigenvalue weighted by molar-refractivity contribution is 6.45. The van der Waals surface area contributed by atoms with Crippen LogP contribution in [0.25, 0.3) is 75.4 Å². The van der Waals surface area contributed by atoms with Crippen LogP contribution in [0.5, 0.6) is 0 Å². The Labute approximate surface area is 174 Å². The molecule has 0 saturated heterocycles. The average molecular weight is 416 g/mol. The third kappa shape index (κ3) is 1.53. The number of fused-ring (bicyclic) bond motifs is 6. The van der Waals surface area contributed by atoms with Gasteiger partial charge in [0.1, 0.15) is 0 Å². The van der Waals surface area contributed by atoms with E-state index in [0.717, 1.165) is 32.3 Å². The molecule has 8 aromatic rings. The van der Waals surface area contributed by atoms with Crippen molar-refractivity contribution in [2.24, 2.45) is 0 Å². The summed E-state index contributed by atoms with van der Waals surface area (Å²) >= 11 is 0. The molecule has 6 aromatic carbocycles. The van der Waals surface area contributed by atoms with Crippen molar-refractivity contribution in [3.8, 4) is 0 Å². The van der Waals surface area contributed by atoms with E-state index in [0.29, 0.717) is 21.5 Å². The lowest BCUT2D eigenvalue weighted by atomic mass is 9.83. The molecule has 0 aliphatic carbocycles. The summed E-state index contributed by atoms with van der Waals surface area (Å²) in [6, 6.07) is 14.7. The van der Waals surface area contributed by atoms with Gasteiger partial charge in [0.2, 0.25) is 0 Å². The van der Waals surface area contributed by atoms with Crippen molar-refractivity contribution >= 4 is 75.4 Å². The van der Waals surface area contributed by atoms with Crippen molar-refractivity contribution in [2.75, 3.05) is 0 Å². The lowest BCUT2D eigenvalue weighted by molar-refractivity contribution is 0.500. The molecule has 6 heteroatoms. The Morgan fingerprint density at radius 3 is 1.19 bits per heavy atom. The van der Waals surface area contributed by atoms with E-state index in [4.69, 9.17) is 8.83 Å². The Morgan fingerprint density at radius 1 is 0.406 bits per heavy atom. The minimum absolute atomic E-state index is 0.240. The van der Waals surface area contributed by atoms with Crippen LogP contribution < -0.4 is 22.5 Å². The fourth-order valence-corrected chi connectivity index (χ4v) is 5.75. The molecule has 8 rings (SSSR count). The zero-order chi connectivity index (χ0) is 21.5. The van der Waals surface area contributed by atoms with Gasteiger partial charge in [-0.2, -0.15) is 0 Å². The minimum Gasteiger partial charge on any atom is -0.386 e. The highest BCUT2D eigenvalue weighted by Gasteiger charge is 2.26. The van der Waals surface area contributed by atoms with Crippen molar-refractivity contribution in [3.05, 3.63) is 90.2 Å². The molecule has 0 atom stereocenters. The standard InChI is InChI=1S/C26H8O6/c27-23-19-11-5-1-3-9-7-13-18-16-10(8-14(17(18)15(9)11)21(19)25(29)31-23)4-2-6-12(16)20-22(13)26(30)32-24(20)28/h1-8H. The topological polar surface area (TPSA) is 94.6 Å². The van der Waals surface area contributed by atoms with Gasteiger partial charge in [-0.3, -0.25) is 0 Å². The van der Waals surface area contributed by atoms with Gasteiger partial charge < -0.3 is 8.83 Å². The molecule has 2 aromatic heterocycles. The largest absolute Gasteiger partial charge is 0.386 e. The molecule has 0 saturated carbocycles. The Morgan fingerprint density at radius 2 is 0.781 bits per heavy atom. The number of hydrogen-bond donors (Lipinski definition) is 0. The number of furan rings is 2. The van der Waals surface area contributed by atoms with Crippen LogP contribution >= 0.6 is 0 Å². The summed E-state index contributed by atoms with van der Waals surface area (Å²) in [5.74, 6) is 0. The van der Waals surface area contributed by atoms with Crippen molar-refractivity contribution in [2.45, 2.75) is 0 Å². The van der Waals surface area contributed by atoms with Crippen LogP contribution in [0.15, 0.2) is 76.5 Å². The summed E-state index contributed by atoms with van der Waals surface area (Å²) in [6.45, 7) is 0. The Balaban J connectivity index is 1.95. The van der Waals surface area contributed by atoms with Crippen LogP contribution in [0.4, 0.5) is 0 Å². The van der Waals surface area contributed by atoms with E-state index in [2.05, 4.69) is 0 Å². The van der Waals surface area contributed by atoms with Gasteiger partial charge in [0.05, 0.1) is 21.5 Å². The van der Waals surface area contributed by atoms with Gasteiger partial charge in [0.25, 0.3) is 0 Å². The molecule has 0 aliphatic rings. The number of hydrogen-bond acceptors (Lipinski definition) is 6. The molecule has 0 fully saturated rings. The fraction of sp³-hybridized carbons (Fsp3) is 0. The molecule has 0 N–H and O–H groups in total. The Bertz CT molecular complexity index is 2160. The van der Waals surface area contributed by atoms with Crippen LogP contribution in [-0.2, 0) is 0 Å². The van der Waals surface area contributed by atoms with Gasteiger partial charge in [0, 0.05) is 0 Å². The SMILES string of the molecule is O=c1oc(=O)c2c3cc4cccc5c6c(=O)oc(=O)c6c6cc7cccc(c12)c7c3c6c45. The first-order chi connectivity index (χ1) is 15.5. The van der Waals surface area contributed by atoms with Crippen molar-refractivity contribution in [3.63, 3.8) is 0 Å². The summed E-state index contributed by atoms with van der Waals surface area (Å²) in [7, 11) is 0. The van der Waals surface area contributed by atoms with Gasteiger partial charge in [-0.25, -0.2) is 19.2 Å². The molecule has 0 radical (unpaired) electrons. The number of benzene rings is 6. The average Bonchev–Trinajstić information content (AvgIpc) is 3.25. The maximum absolute atomic E-state index is 12.7. The molecule has 6 nitrogen and oxygen atoms in total. The highest BCUT2D eigenvalue weighted by atomic mass is 16.4. The molecule has 148 valence electrons. The van der Waals surface area contributed by atoms with Gasteiger partial charge in [0.15, 0.2) is 0 Å². The smallest absolute Gasteiger partial charge is 0.347 e. The van der Waals surface area contributed by atoms with Crippen LogP contribution in [0.2, 0.25) is 0 Å². The van der Waals surface area contributed by atoms with Crippen LogP contribution in [0.3, 0.4) is 0 Å². The maximum Gasteiger partial charge on any atom is 0.347 e. The first-order valence-electron chi connectivity index (χ1n) is 10.0. The van der Waals surface area contributed by atoms with E-state index < -0.39 is 22.5 Å². The van der Waals surface area contributed by atoms with E-state index in [1.807, 2.05) is 24.3 Å². The molecule has 0 unspecified atom stereocenters. The van der Waals surface area contributed by atoms with Gasteiger partial charge in [-0.1, -0.05) is 36.4 Å². The minimum atomic E-state index is -0.678. The lowest BCUT2D eigenvalue weighted by Gasteiger charge is -2.17. The van der Waals surface area contributed by atoms with Crippen LogP contribution in [0.1, 0.15) is 0 Å². The van der Waals surface area contributed by atoms with Crippen molar-refractivity contribution in [1.82, 2.24) is 0 Å². The van der Waals surface area contributed by atoms with Gasteiger partial charge >= 0.3 is 22.5 Å². The lowest BCUT2D eigenvalue weighted by Crippen LogP contribution is -1.98. The fourth-order valence-electron chi connectivity index (χ4n) is 5.75. The van der Waals surface area contributed by atoms with E-state index >= 15 is 0 Å². The third-order valence-electron chi connectivity index (χ3n) is 6.85. The zero-order valence-corrected chi connectivity index (χ0v) is 16.1. The molecule has 0 aliphatic heterocycles. The molecule has 0 bridgehead atoms. The first kappa shape index (κ1) is 16.2. The highest BCUT2D eigenvalue weighted by Crippen LogP contribution is 2.47. The molecule has 0 amide bonds. The second-order valence-electron chi connectivity index (χ2n) is 8.26. The molecule has 32 heavy (non-hydrogen) atoms. The third-order valence-corrected chi connectivity index (χ3v) is 6.85. The summed E-state index contributed by atoms with van der Waals surface area (Å²) in [5.41, 5.74) is -2.67. The second kappa shape index (κ2) is 4.84. The van der Waals surface area contributed by atoms with E-state index in [-0.39, 0.29) is 21.5 Å². The van der Waals surface area contributed by atoms with E-state index in [1.54, 1.807) is 24.3 Å². The molecule has 2 heterocycles. The first-order valence-corrected chi connectivity index (χ1v) is 10.0. The predicted octanol–water partition coefficient (Wildman–Crippen LogP) is 4.14. The summed E-state index contributed by atoms with van der Waals surface area (Å²) in [4.78, 5) is 50.7. The van der Waals surface area contributed by atoms with Crippen molar-refractivity contribution in [1.29, 1.82) is 0 Å². The Kier molecular flexibility index (Phi) is 2.44.